The quantitative estimate of drug-likeness (QED) is 0.805. The van der Waals surface area contributed by atoms with Crippen LogP contribution in [-0.4, -0.2) is 56.9 Å². The number of nitrogens with zero attached hydrogens (tertiary/aromatic N) is 1. The molecule has 116 valence electrons. The van der Waals surface area contributed by atoms with E-state index in [1.54, 1.807) is 0 Å². The fourth-order valence-corrected chi connectivity index (χ4v) is 3.42. The lowest BCUT2D eigenvalue weighted by Gasteiger charge is -2.42. The molecule has 5 nitrogen and oxygen atoms in total. The molecule has 2 N–H and O–H groups in total. The minimum absolute atomic E-state index is 0.0283. The van der Waals surface area contributed by atoms with Gasteiger partial charge in [0.05, 0.1) is 13.2 Å². The summed E-state index contributed by atoms with van der Waals surface area (Å²) in [7, 11) is 0. The molecule has 0 atom stereocenters. The molecule has 1 aliphatic heterocycles. The number of carbonyl (C=O) groups is 1. The first kappa shape index (κ1) is 15.6. The van der Waals surface area contributed by atoms with Gasteiger partial charge < -0.3 is 15.4 Å². The van der Waals surface area contributed by atoms with Crippen LogP contribution in [0.15, 0.2) is 0 Å². The third-order valence-corrected chi connectivity index (χ3v) is 4.54. The Morgan fingerprint density at radius 2 is 1.85 bits per heavy atom. The van der Waals surface area contributed by atoms with Gasteiger partial charge in [-0.3, -0.25) is 4.90 Å². The Morgan fingerprint density at radius 1 is 1.15 bits per heavy atom. The Kier molecular flexibility index (Phi) is 6.10. The fraction of sp³-hybridized carbons (Fsp3) is 0.933. The molecule has 0 aromatic carbocycles. The van der Waals surface area contributed by atoms with Crippen molar-refractivity contribution in [1.82, 2.24) is 15.5 Å². The number of morpholine rings is 1. The van der Waals surface area contributed by atoms with Gasteiger partial charge in [0.25, 0.3) is 0 Å². The summed E-state index contributed by atoms with van der Waals surface area (Å²) < 4.78 is 5.43. The van der Waals surface area contributed by atoms with Crippen LogP contribution in [0.2, 0.25) is 0 Å². The van der Waals surface area contributed by atoms with Crippen LogP contribution in [0.3, 0.4) is 0 Å². The maximum Gasteiger partial charge on any atom is 0.314 e. The smallest absolute Gasteiger partial charge is 0.314 e. The minimum atomic E-state index is -0.0283. The maximum atomic E-state index is 11.7. The molecule has 0 unspecified atom stereocenters. The molecule has 2 rings (SSSR count). The molecule has 0 bridgehead atoms. The summed E-state index contributed by atoms with van der Waals surface area (Å²) in [5.41, 5.74) is 0.265. The van der Waals surface area contributed by atoms with Crippen molar-refractivity contribution in [3.63, 3.8) is 0 Å². The van der Waals surface area contributed by atoms with Crippen LogP contribution in [0.4, 0.5) is 4.79 Å². The summed E-state index contributed by atoms with van der Waals surface area (Å²) >= 11 is 0. The average Bonchev–Trinajstić information content (AvgIpc) is 2.48. The fourth-order valence-electron chi connectivity index (χ4n) is 3.42. The van der Waals surface area contributed by atoms with E-state index < -0.39 is 0 Å². The van der Waals surface area contributed by atoms with Crippen molar-refractivity contribution < 1.29 is 9.53 Å². The molecule has 0 spiro atoms. The number of amides is 2. The van der Waals surface area contributed by atoms with Crippen molar-refractivity contribution in [2.75, 3.05) is 45.9 Å². The standard InChI is InChI=1S/C15H29N3O2/c1-2-16-14(19)17-12-15(6-4-3-5-7-15)13-18-8-10-20-11-9-18/h2-13H2,1H3,(H2,16,17,19). The molecule has 5 heteroatoms. The van der Waals surface area contributed by atoms with Crippen LogP contribution >= 0.6 is 0 Å². The predicted molar refractivity (Wildman–Crippen MR) is 79.9 cm³/mol. The molecule has 2 amide bonds. The zero-order valence-corrected chi connectivity index (χ0v) is 12.7. The van der Waals surface area contributed by atoms with Crippen molar-refractivity contribution in [3.8, 4) is 0 Å². The van der Waals surface area contributed by atoms with Gasteiger partial charge in [-0.05, 0) is 19.8 Å². The predicted octanol–water partition coefficient (Wildman–Crippen LogP) is 1.59. The van der Waals surface area contributed by atoms with E-state index in [0.717, 1.165) is 39.4 Å². The zero-order chi connectivity index (χ0) is 14.3. The van der Waals surface area contributed by atoms with Gasteiger partial charge in [-0.1, -0.05) is 19.3 Å². The number of nitrogens with one attached hydrogen (secondary N) is 2. The highest BCUT2D eigenvalue weighted by molar-refractivity contribution is 5.73. The van der Waals surface area contributed by atoms with Crippen molar-refractivity contribution in [1.29, 1.82) is 0 Å². The van der Waals surface area contributed by atoms with Crippen LogP contribution in [0.25, 0.3) is 0 Å². The van der Waals surface area contributed by atoms with E-state index in [9.17, 15) is 4.79 Å². The van der Waals surface area contributed by atoms with Gasteiger partial charge in [-0.2, -0.15) is 0 Å². The van der Waals surface area contributed by atoms with E-state index in [4.69, 9.17) is 4.74 Å². The van der Waals surface area contributed by atoms with E-state index in [1.165, 1.54) is 32.1 Å². The summed E-state index contributed by atoms with van der Waals surface area (Å²) in [6.45, 7) is 8.29. The second kappa shape index (κ2) is 7.84. The van der Waals surface area contributed by atoms with Crippen LogP contribution in [0.1, 0.15) is 39.0 Å². The molecule has 1 aliphatic carbocycles. The molecule has 1 heterocycles. The van der Waals surface area contributed by atoms with Crippen molar-refractivity contribution in [3.05, 3.63) is 0 Å². The van der Waals surface area contributed by atoms with Crippen molar-refractivity contribution >= 4 is 6.03 Å². The van der Waals surface area contributed by atoms with E-state index in [2.05, 4.69) is 15.5 Å². The summed E-state index contributed by atoms with van der Waals surface area (Å²) in [4.78, 5) is 14.2. The first-order valence-electron chi connectivity index (χ1n) is 8.06. The molecule has 2 aliphatic rings. The minimum Gasteiger partial charge on any atom is -0.379 e. The summed E-state index contributed by atoms with van der Waals surface area (Å²) in [6, 6.07) is -0.0283. The Bertz CT molecular complexity index is 297. The normalized spacial score (nSPS) is 23.2. The van der Waals surface area contributed by atoms with Gasteiger partial charge in [-0.25, -0.2) is 4.79 Å². The topological polar surface area (TPSA) is 53.6 Å². The van der Waals surface area contributed by atoms with Gasteiger partial charge in [0.15, 0.2) is 0 Å². The van der Waals surface area contributed by atoms with Crippen LogP contribution in [0.5, 0.6) is 0 Å². The Balaban J connectivity index is 1.88. The van der Waals surface area contributed by atoms with Crippen molar-refractivity contribution in [2.45, 2.75) is 39.0 Å². The average molecular weight is 283 g/mol. The lowest BCUT2D eigenvalue weighted by Crippen LogP contribution is -2.50. The first-order valence-corrected chi connectivity index (χ1v) is 8.06. The maximum absolute atomic E-state index is 11.7. The first-order chi connectivity index (χ1) is 9.74. The van der Waals surface area contributed by atoms with Crippen LogP contribution < -0.4 is 10.6 Å². The van der Waals surface area contributed by atoms with E-state index in [0.29, 0.717) is 6.54 Å². The molecule has 20 heavy (non-hydrogen) atoms. The largest absolute Gasteiger partial charge is 0.379 e. The van der Waals surface area contributed by atoms with E-state index in [-0.39, 0.29) is 11.4 Å². The molecular formula is C15H29N3O2. The number of ether oxygens (including phenoxy) is 1. The second-order valence-electron chi connectivity index (χ2n) is 6.16. The number of hydrogen-bond acceptors (Lipinski definition) is 3. The van der Waals surface area contributed by atoms with E-state index in [1.807, 2.05) is 6.92 Å². The Hall–Kier alpha value is -0.810. The van der Waals surface area contributed by atoms with Crippen LogP contribution in [0, 0.1) is 5.41 Å². The third-order valence-electron chi connectivity index (χ3n) is 4.54. The molecule has 1 saturated carbocycles. The highest BCUT2D eigenvalue weighted by atomic mass is 16.5. The number of carbonyl (C=O) groups excluding carboxylic acids is 1. The van der Waals surface area contributed by atoms with Gasteiger partial charge in [0.1, 0.15) is 0 Å². The van der Waals surface area contributed by atoms with Gasteiger partial charge in [-0.15, -0.1) is 0 Å². The third kappa shape index (κ3) is 4.63. The molecule has 0 aromatic heterocycles. The molecule has 0 radical (unpaired) electrons. The highest BCUT2D eigenvalue weighted by Crippen LogP contribution is 2.36. The summed E-state index contributed by atoms with van der Waals surface area (Å²) in [5, 5.41) is 5.90. The van der Waals surface area contributed by atoms with Gasteiger partial charge in [0, 0.05) is 38.1 Å². The molecule has 2 fully saturated rings. The lowest BCUT2D eigenvalue weighted by molar-refractivity contribution is 0.00783. The zero-order valence-electron chi connectivity index (χ0n) is 12.7. The van der Waals surface area contributed by atoms with Crippen molar-refractivity contribution in [2.24, 2.45) is 5.41 Å². The SMILES string of the molecule is CCNC(=O)NCC1(CN2CCOCC2)CCCCC1. The summed E-state index contributed by atoms with van der Waals surface area (Å²) in [6.07, 6.45) is 6.39. The lowest BCUT2D eigenvalue weighted by atomic mass is 9.73. The Labute approximate surface area is 122 Å². The monoisotopic (exact) mass is 283 g/mol. The second-order valence-corrected chi connectivity index (χ2v) is 6.16. The van der Waals surface area contributed by atoms with E-state index >= 15 is 0 Å². The van der Waals surface area contributed by atoms with Gasteiger partial charge >= 0.3 is 6.03 Å². The summed E-state index contributed by atoms with van der Waals surface area (Å²) in [5.74, 6) is 0. The van der Waals surface area contributed by atoms with Gasteiger partial charge in [0.2, 0.25) is 0 Å². The Morgan fingerprint density at radius 3 is 2.50 bits per heavy atom. The number of urea groups is 1. The van der Waals surface area contributed by atoms with Crippen LogP contribution in [-0.2, 0) is 4.74 Å². The number of hydrogen-bond donors (Lipinski definition) is 2. The number of rotatable bonds is 5. The highest BCUT2D eigenvalue weighted by Gasteiger charge is 2.34. The molecule has 1 saturated heterocycles. The molecular weight excluding hydrogens is 254 g/mol. The molecule has 0 aromatic rings.